The van der Waals surface area contributed by atoms with Crippen molar-refractivity contribution < 1.29 is 4.92 Å². The SMILES string of the molecule is Cc1ncc([N+](=O)[O-])n1Cc1cccc(Cl)c1. The molecule has 1 aromatic heterocycles. The zero-order valence-electron chi connectivity index (χ0n) is 9.13. The molecular weight excluding hydrogens is 242 g/mol. The van der Waals surface area contributed by atoms with Gasteiger partial charge in [-0.15, -0.1) is 0 Å². The monoisotopic (exact) mass is 251 g/mol. The van der Waals surface area contributed by atoms with Crippen molar-refractivity contribution in [1.82, 2.24) is 9.55 Å². The molecule has 17 heavy (non-hydrogen) atoms. The second-order valence-corrected chi connectivity index (χ2v) is 4.07. The molecule has 0 fully saturated rings. The molecule has 0 spiro atoms. The summed E-state index contributed by atoms with van der Waals surface area (Å²) in [5, 5.41) is 11.4. The maximum absolute atomic E-state index is 10.8. The number of rotatable bonds is 3. The van der Waals surface area contributed by atoms with Gasteiger partial charge in [0.15, 0.2) is 5.82 Å². The molecule has 0 aliphatic heterocycles. The smallest absolute Gasteiger partial charge is 0.343 e. The standard InChI is InChI=1S/C11H10ClN3O2/c1-8-13-6-11(15(16)17)14(8)7-9-3-2-4-10(12)5-9/h2-6H,7H2,1H3. The minimum atomic E-state index is -0.440. The topological polar surface area (TPSA) is 61.0 Å². The van der Waals surface area contributed by atoms with Crippen molar-refractivity contribution in [2.24, 2.45) is 0 Å². The van der Waals surface area contributed by atoms with Gasteiger partial charge in [-0.05, 0) is 22.6 Å². The summed E-state index contributed by atoms with van der Waals surface area (Å²) >= 11 is 5.87. The molecule has 0 N–H and O–H groups in total. The highest BCUT2D eigenvalue weighted by molar-refractivity contribution is 6.30. The van der Waals surface area contributed by atoms with Crippen LogP contribution in [0.1, 0.15) is 11.4 Å². The van der Waals surface area contributed by atoms with Crippen LogP contribution in [-0.4, -0.2) is 14.5 Å². The van der Waals surface area contributed by atoms with Crippen LogP contribution in [0.5, 0.6) is 0 Å². The van der Waals surface area contributed by atoms with E-state index >= 15 is 0 Å². The molecule has 0 saturated heterocycles. The summed E-state index contributed by atoms with van der Waals surface area (Å²) in [6.07, 6.45) is 1.26. The maximum Gasteiger partial charge on any atom is 0.343 e. The molecule has 1 heterocycles. The quantitative estimate of drug-likeness (QED) is 0.622. The lowest BCUT2D eigenvalue weighted by Crippen LogP contribution is -2.06. The molecule has 0 bridgehead atoms. The third-order valence-electron chi connectivity index (χ3n) is 2.45. The molecule has 2 rings (SSSR count). The Labute approximate surface area is 103 Å². The number of aromatic nitrogens is 2. The summed E-state index contributed by atoms with van der Waals surface area (Å²) in [5.41, 5.74) is 0.904. The van der Waals surface area contributed by atoms with Gasteiger partial charge in [0.1, 0.15) is 12.7 Å². The van der Waals surface area contributed by atoms with Crippen LogP contribution in [0.3, 0.4) is 0 Å². The van der Waals surface area contributed by atoms with Gasteiger partial charge in [-0.2, -0.15) is 0 Å². The van der Waals surface area contributed by atoms with E-state index in [0.717, 1.165) is 5.56 Å². The summed E-state index contributed by atoms with van der Waals surface area (Å²) in [4.78, 5) is 14.3. The Hall–Kier alpha value is -1.88. The number of benzene rings is 1. The minimum absolute atomic E-state index is 0.0116. The Balaban J connectivity index is 2.36. The number of nitrogens with zero attached hydrogens (tertiary/aromatic N) is 3. The van der Waals surface area contributed by atoms with Gasteiger partial charge in [-0.25, -0.2) is 9.55 Å². The largest absolute Gasteiger partial charge is 0.358 e. The van der Waals surface area contributed by atoms with Gasteiger partial charge in [-0.3, -0.25) is 0 Å². The molecular formula is C11H10ClN3O2. The highest BCUT2D eigenvalue weighted by Crippen LogP contribution is 2.18. The first kappa shape index (κ1) is 11.6. The average molecular weight is 252 g/mol. The summed E-state index contributed by atoms with van der Waals surface area (Å²) in [6, 6.07) is 7.23. The van der Waals surface area contributed by atoms with Crippen molar-refractivity contribution in [3.05, 3.63) is 57.0 Å². The van der Waals surface area contributed by atoms with Crippen LogP contribution >= 0.6 is 11.6 Å². The van der Waals surface area contributed by atoms with E-state index in [0.29, 0.717) is 17.4 Å². The van der Waals surface area contributed by atoms with Crippen molar-refractivity contribution in [1.29, 1.82) is 0 Å². The summed E-state index contributed by atoms with van der Waals surface area (Å²) in [7, 11) is 0. The number of aryl methyl sites for hydroxylation is 1. The van der Waals surface area contributed by atoms with E-state index in [1.807, 2.05) is 12.1 Å². The van der Waals surface area contributed by atoms with Gasteiger partial charge < -0.3 is 10.1 Å². The molecule has 0 atom stereocenters. The predicted octanol–water partition coefficient (Wildman–Crippen LogP) is 2.80. The fourth-order valence-electron chi connectivity index (χ4n) is 1.62. The average Bonchev–Trinajstić information content (AvgIpc) is 2.61. The van der Waals surface area contributed by atoms with Crippen molar-refractivity contribution in [3.8, 4) is 0 Å². The number of halogens is 1. The Morgan fingerprint density at radius 2 is 2.29 bits per heavy atom. The van der Waals surface area contributed by atoms with Crippen molar-refractivity contribution in [2.75, 3.05) is 0 Å². The normalized spacial score (nSPS) is 10.5. The van der Waals surface area contributed by atoms with E-state index in [1.54, 1.807) is 23.6 Å². The van der Waals surface area contributed by atoms with Gasteiger partial charge in [-0.1, -0.05) is 23.7 Å². The molecule has 0 aliphatic carbocycles. The molecule has 0 aliphatic rings. The Morgan fingerprint density at radius 1 is 1.53 bits per heavy atom. The molecule has 0 amide bonds. The van der Waals surface area contributed by atoms with Crippen LogP contribution in [0.2, 0.25) is 5.02 Å². The molecule has 0 saturated carbocycles. The first-order valence-corrected chi connectivity index (χ1v) is 5.36. The first-order valence-electron chi connectivity index (χ1n) is 4.99. The molecule has 1 aromatic carbocycles. The number of nitro groups is 1. The third kappa shape index (κ3) is 2.45. The fourth-order valence-corrected chi connectivity index (χ4v) is 1.83. The molecule has 88 valence electrons. The van der Waals surface area contributed by atoms with Crippen LogP contribution in [0.25, 0.3) is 0 Å². The minimum Gasteiger partial charge on any atom is -0.358 e. The van der Waals surface area contributed by atoms with Crippen LogP contribution < -0.4 is 0 Å². The summed E-state index contributed by atoms with van der Waals surface area (Å²) < 4.78 is 1.55. The molecule has 2 aromatic rings. The van der Waals surface area contributed by atoms with E-state index in [4.69, 9.17) is 11.6 Å². The molecule has 0 unspecified atom stereocenters. The second kappa shape index (κ2) is 4.55. The first-order chi connectivity index (χ1) is 8.08. The van der Waals surface area contributed by atoms with Gasteiger partial charge >= 0.3 is 5.82 Å². The van der Waals surface area contributed by atoms with E-state index < -0.39 is 4.92 Å². The van der Waals surface area contributed by atoms with Crippen LogP contribution in [0.4, 0.5) is 5.82 Å². The highest BCUT2D eigenvalue weighted by atomic mass is 35.5. The number of hydrogen-bond acceptors (Lipinski definition) is 3. The zero-order valence-corrected chi connectivity index (χ0v) is 9.89. The van der Waals surface area contributed by atoms with Crippen LogP contribution in [0.15, 0.2) is 30.5 Å². The third-order valence-corrected chi connectivity index (χ3v) is 2.69. The van der Waals surface area contributed by atoms with E-state index in [-0.39, 0.29) is 5.82 Å². The zero-order chi connectivity index (χ0) is 12.4. The Bertz CT molecular complexity index is 566. The van der Waals surface area contributed by atoms with Crippen LogP contribution in [-0.2, 0) is 6.54 Å². The predicted molar refractivity (Wildman–Crippen MR) is 64.2 cm³/mol. The van der Waals surface area contributed by atoms with Crippen LogP contribution in [0, 0.1) is 17.0 Å². The van der Waals surface area contributed by atoms with Crippen molar-refractivity contribution in [3.63, 3.8) is 0 Å². The Kier molecular flexibility index (Phi) is 3.10. The second-order valence-electron chi connectivity index (χ2n) is 3.64. The van der Waals surface area contributed by atoms with E-state index in [2.05, 4.69) is 4.98 Å². The fraction of sp³-hybridized carbons (Fsp3) is 0.182. The van der Waals surface area contributed by atoms with Crippen molar-refractivity contribution in [2.45, 2.75) is 13.5 Å². The van der Waals surface area contributed by atoms with Gasteiger partial charge in [0.05, 0.1) is 0 Å². The van der Waals surface area contributed by atoms with Crippen molar-refractivity contribution >= 4 is 17.4 Å². The maximum atomic E-state index is 10.8. The van der Waals surface area contributed by atoms with Gasteiger partial charge in [0.25, 0.3) is 0 Å². The van der Waals surface area contributed by atoms with Gasteiger partial charge in [0, 0.05) is 11.9 Å². The highest BCUT2D eigenvalue weighted by Gasteiger charge is 2.17. The van der Waals surface area contributed by atoms with E-state index in [9.17, 15) is 10.1 Å². The molecule has 6 heteroatoms. The molecule has 0 radical (unpaired) electrons. The number of imidazole rings is 1. The summed E-state index contributed by atoms with van der Waals surface area (Å²) in [6.45, 7) is 2.13. The lowest BCUT2D eigenvalue weighted by Gasteiger charge is -2.03. The molecule has 5 nitrogen and oxygen atoms in total. The van der Waals surface area contributed by atoms with E-state index in [1.165, 1.54) is 6.20 Å². The number of hydrogen-bond donors (Lipinski definition) is 0. The van der Waals surface area contributed by atoms with Gasteiger partial charge in [0.2, 0.25) is 0 Å². The lowest BCUT2D eigenvalue weighted by atomic mass is 10.2. The lowest BCUT2D eigenvalue weighted by molar-refractivity contribution is -0.392. The Morgan fingerprint density at radius 3 is 2.94 bits per heavy atom. The summed E-state index contributed by atoms with van der Waals surface area (Å²) in [5.74, 6) is 0.596.